The summed E-state index contributed by atoms with van der Waals surface area (Å²) in [4.78, 5) is 11.9. The van der Waals surface area contributed by atoms with E-state index in [2.05, 4.69) is 13.8 Å². The molecule has 1 rings (SSSR count). The Labute approximate surface area is 110 Å². The molecule has 0 aromatic rings. The number of carbonyl (C=O) groups excluding carboxylic acids is 1. The number of esters is 1. The lowest BCUT2D eigenvalue weighted by atomic mass is 9.95. The summed E-state index contributed by atoms with van der Waals surface area (Å²) < 4.78 is 10.7. The summed E-state index contributed by atoms with van der Waals surface area (Å²) >= 11 is 0. The standard InChI is InChI=1S/C14H27NO3/c1-4-6-11(3)9-17-10-14(15,12-7-8-12)13(16)18-5-2/h11-12H,4-10,15H2,1-3H3. The van der Waals surface area contributed by atoms with Crippen molar-refractivity contribution in [3.8, 4) is 0 Å². The zero-order valence-corrected chi connectivity index (χ0v) is 11.9. The van der Waals surface area contributed by atoms with E-state index in [9.17, 15) is 4.79 Å². The fourth-order valence-corrected chi connectivity index (χ4v) is 2.21. The highest BCUT2D eigenvalue weighted by atomic mass is 16.5. The highest BCUT2D eigenvalue weighted by molar-refractivity contribution is 5.81. The van der Waals surface area contributed by atoms with Crippen molar-refractivity contribution in [1.82, 2.24) is 0 Å². The van der Waals surface area contributed by atoms with Crippen LogP contribution in [0.1, 0.15) is 46.5 Å². The molecule has 18 heavy (non-hydrogen) atoms. The van der Waals surface area contributed by atoms with E-state index < -0.39 is 5.54 Å². The first-order valence-electron chi connectivity index (χ1n) is 7.08. The SMILES string of the molecule is CCCC(C)COCC(N)(C(=O)OCC)C1CC1. The lowest BCUT2D eigenvalue weighted by Crippen LogP contribution is -2.55. The van der Waals surface area contributed by atoms with Gasteiger partial charge in [0, 0.05) is 6.61 Å². The number of carbonyl (C=O) groups is 1. The molecule has 2 atom stereocenters. The summed E-state index contributed by atoms with van der Waals surface area (Å²) in [6, 6.07) is 0. The highest BCUT2D eigenvalue weighted by Gasteiger charge is 2.49. The van der Waals surface area contributed by atoms with Crippen LogP contribution in [-0.2, 0) is 14.3 Å². The maximum Gasteiger partial charge on any atom is 0.328 e. The molecule has 1 saturated carbocycles. The van der Waals surface area contributed by atoms with Crippen molar-refractivity contribution in [2.45, 2.75) is 52.0 Å². The molecule has 4 heteroatoms. The van der Waals surface area contributed by atoms with Crippen LogP contribution in [0.4, 0.5) is 0 Å². The Kier molecular flexibility index (Phi) is 6.09. The van der Waals surface area contributed by atoms with Crippen molar-refractivity contribution in [3.63, 3.8) is 0 Å². The van der Waals surface area contributed by atoms with Crippen molar-refractivity contribution < 1.29 is 14.3 Å². The molecule has 0 spiro atoms. The predicted octanol–water partition coefficient (Wildman–Crippen LogP) is 2.11. The Balaban J connectivity index is 2.40. The fourth-order valence-electron chi connectivity index (χ4n) is 2.21. The third-order valence-corrected chi connectivity index (χ3v) is 3.49. The zero-order chi connectivity index (χ0) is 13.6. The monoisotopic (exact) mass is 257 g/mol. The van der Waals surface area contributed by atoms with Gasteiger partial charge in [0.2, 0.25) is 0 Å². The molecule has 0 radical (unpaired) electrons. The predicted molar refractivity (Wildman–Crippen MR) is 71.2 cm³/mol. The van der Waals surface area contributed by atoms with Crippen molar-refractivity contribution >= 4 is 5.97 Å². The average molecular weight is 257 g/mol. The molecule has 0 aromatic carbocycles. The van der Waals surface area contributed by atoms with Crippen LogP contribution < -0.4 is 5.73 Å². The van der Waals surface area contributed by atoms with Crippen LogP contribution in [0.5, 0.6) is 0 Å². The van der Waals surface area contributed by atoms with E-state index in [4.69, 9.17) is 15.2 Å². The second-order valence-corrected chi connectivity index (χ2v) is 5.44. The first kappa shape index (κ1) is 15.4. The van der Waals surface area contributed by atoms with Gasteiger partial charge in [-0.05, 0) is 38.0 Å². The average Bonchev–Trinajstić information content (AvgIpc) is 3.13. The van der Waals surface area contributed by atoms with Crippen molar-refractivity contribution in [1.29, 1.82) is 0 Å². The molecule has 1 aliphatic carbocycles. The van der Waals surface area contributed by atoms with Crippen LogP contribution in [0.3, 0.4) is 0 Å². The summed E-state index contributed by atoms with van der Waals surface area (Å²) in [6.45, 7) is 7.44. The normalized spacial score (nSPS) is 20.2. The molecule has 1 fully saturated rings. The lowest BCUT2D eigenvalue weighted by molar-refractivity contribution is -0.153. The van der Waals surface area contributed by atoms with Gasteiger partial charge in [0.05, 0.1) is 13.2 Å². The molecule has 0 heterocycles. The van der Waals surface area contributed by atoms with Gasteiger partial charge < -0.3 is 15.2 Å². The lowest BCUT2D eigenvalue weighted by Gasteiger charge is -2.27. The Morgan fingerprint density at radius 3 is 2.61 bits per heavy atom. The number of hydrogen-bond acceptors (Lipinski definition) is 4. The van der Waals surface area contributed by atoms with E-state index in [1.807, 2.05) is 0 Å². The molecule has 0 aromatic heterocycles. The number of nitrogens with two attached hydrogens (primary N) is 1. The minimum atomic E-state index is -0.929. The van der Waals surface area contributed by atoms with Crippen LogP contribution in [0.2, 0.25) is 0 Å². The number of hydrogen-bond donors (Lipinski definition) is 1. The molecule has 2 unspecified atom stereocenters. The van der Waals surface area contributed by atoms with Crippen LogP contribution in [-0.4, -0.2) is 31.3 Å². The smallest absolute Gasteiger partial charge is 0.328 e. The molecule has 4 nitrogen and oxygen atoms in total. The first-order chi connectivity index (χ1) is 8.54. The quantitative estimate of drug-likeness (QED) is 0.643. The second kappa shape index (κ2) is 7.10. The molecule has 2 N–H and O–H groups in total. The minimum Gasteiger partial charge on any atom is -0.465 e. The fraction of sp³-hybridized carbons (Fsp3) is 0.929. The van der Waals surface area contributed by atoms with E-state index in [-0.39, 0.29) is 18.5 Å². The second-order valence-electron chi connectivity index (χ2n) is 5.44. The number of ether oxygens (including phenoxy) is 2. The van der Waals surface area contributed by atoms with Crippen LogP contribution >= 0.6 is 0 Å². The van der Waals surface area contributed by atoms with E-state index in [1.54, 1.807) is 6.92 Å². The van der Waals surface area contributed by atoms with E-state index >= 15 is 0 Å². The molecule has 106 valence electrons. The maximum atomic E-state index is 11.9. The van der Waals surface area contributed by atoms with Crippen LogP contribution in [0.25, 0.3) is 0 Å². The van der Waals surface area contributed by atoms with Crippen molar-refractivity contribution in [3.05, 3.63) is 0 Å². The van der Waals surface area contributed by atoms with Crippen molar-refractivity contribution in [2.75, 3.05) is 19.8 Å². The summed E-state index contributed by atoms with van der Waals surface area (Å²) in [5.74, 6) is 0.439. The molecule has 0 saturated heterocycles. The van der Waals surface area contributed by atoms with Gasteiger partial charge in [0.15, 0.2) is 0 Å². The van der Waals surface area contributed by atoms with Gasteiger partial charge in [-0.25, -0.2) is 4.79 Å². The van der Waals surface area contributed by atoms with Gasteiger partial charge in [-0.15, -0.1) is 0 Å². The van der Waals surface area contributed by atoms with Crippen LogP contribution in [0, 0.1) is 11.8 Å². The molecule has 0 bridgehead atoms. The van der Waals surface area contributed by atoms with E-state index in [1.165, 1.54) is 0 Å². The van der Waals surface area contributed by atoms with Gasteiger partial charge in [0.1, 0.15) is 5.54 Å². The summed E-state index contributed by atoms with van der Waals surface area (Å²) in [6.07, 6.45) is 4.30. The molecular formula is C14H27NO3. The molecule has 0 aliphatic heterocycles. The molecule has 0 amide bonds. The summed E-state index contributed by atoms with van der Waals surface area (Å²) in [7, 11) is 0. The Morgan fingerprint density at radius 1 is 1.44 bits per heavy atom. The first-order valence-corrected chi connectivity index (χ1v) is 7.08. The van der Waals surface area contributed by atoms with Gasteiger partial charge in [0.25, 0.3) is 0 Å². The summed E-state index contributed by atoms with van der Waals surface area (Å²) in [5, 5.41) is 0. The maximum absolute atomic E-state index is 11.9. The minimum absolute atomic E-state index is 0.234. The van der Waals surface area contributed by atoms with Gasteiger partial charge in [-0.1, -0.05) is 20.3 Å². The number of rotatable bonds is 9. The van der Waals surface area contributed by atoms with E-state index in [0.717, 1.165) is 25.7 Å². The topological polar surface area (TPSA) is 61.5 Å². The van der Waals surface area contributed by atoms with Crippen molar-refractivity contribution in [2.24, 2.45) is 17.6 Å². The van der Waals surface area contributed by atoms with E-state index in [0.29, 0.717) is 19.1 Å². The Hall–Kier alpha value is -0.610. The third-order valence-electron chi connectivity index (χ3n) is 3.49. The Bertz CT molecular complexity index is 266. The van der Waals surface area contributed by atoms with Gasteiger partial charge in [-0.2, -0.15) is 0 Å². The largest absolute Gasteiger partial charge is 0.465 e. The Morgan fingerprint density at radius 2 is 2.11 bits per heavy atom. The van der Waals surface area contributed by atoms with Crippen LogP contribution in [0.15, 0.2) is 0 Å². The van der Waals surface area contributed by atoms with Gasteiger partial charge >= 0.3 is 5.97 Å². The molecule has 1 aliphatic rings. The van der Waals surface area contributed by atoms with Gasteiger partial charge in [-0.3, -0.25) is 0 Å². The third kappa shape index (κ3) is 4.25. The molecular weight excluding hydrogens is 230 g/mol. The highest BCUT2D eigenvalue weighted by Crippen LogP contribution is 2.39. The zero-order valence-electron chi connectivity index (χ0n) is 11.9. The summed E-state index contributed by atoms with van der Waals surface area (Å²) in [5.41, 5.74) is 5.26.